The number of hydrogen-bond donors (Lipinski definition) is 0. The van der Waals surface area contributed by atoms with Gasteiger partial charge in [-0.2, -0.15) is 0 Å². The zero-order chi connectivity index (χ0) is 18.4. The van der Waals surface area contributed by atoms with Gasteiger partial charge in [0.15, 0.2) is 11.8 Å². The minimum absolute atomic E-state index is 0.200. The van der Waals surface area contributed by atoms with Crippen LogP contribution in [0.15, 0.2) is 68.3 Å². The van der Waals surface area contributed by atoms with E-state index in [-0.39, 0.29) is 9.79 Å². The maximum Gasteiger partial charge on any atom is 0.206 e. The maximum atomic E-state index is 12.7. The fourth-order valence-electron chi connectivity index (χ4n) is 1.99. The molecule has 7 heteroatoms. The highest BCUT2D eigenvalue weighted by Gasteiger charge is 2.17. The zero-order valence-electron chi connectivity index (χ0n) is 14.6. The van der Waals surface area contributed by atoms with Crippen molar-refractivity contribution < 1.29 is 17.9 Å². The average Bonchev–Trinajstić information content (AvgIpc) is 2.62. The van der Waals surface area contributed by atoms with Crippen LogP contribution in [-0.2, 0) is 19.3 Å². The molecule has 0 saturated heterocycles. The highest BCUT2D eigenvalue weighted by Crippen LogP contribution is 2.25. The third kappa shape index (κ3) is 4.67. The topological polar surface area (TPSA) is 77.3 Å². The minimum atomic E-state index is -3.60. The van der Waals surface area contributed by atoms with Gasteiger partial charge in [-0.05, 0) is 48.5 Å². The van der Waals surface area contributed by atoms with Crippen LogP contribution in [0.5, 0.6) is 0 Å². The second-order valence-corrected chi connectivity index (χ2v) is 7.11. The van der Waals surface area contributed by atoms with Crippen LogP contribution in [0.25, 0.3) is 0 Å². The first-order valence-corrected chi connectivity index (χ1v) is 8.99. The van der Waals surface area contributed by atoms with Crippen molar-refractivity contribution in [1.82, 2.24) is 0 Å². The van der Waals surface area contributed by atoms with Gasteiger partial charge in [0.25, 0.3) is 0 Å². The molecule has 0 aliphatic heterocycles. The van der Waals surface area contributed by atoms with E-state index in [1.807, 2.05) is 0 Å². The number of rotatable bonds is 4. The summed E-state index contributed by atoms with van der Waals surface area (Å²) in [5.74, 6) is 0.996. The van der Waals surface area contributed by atoms with E-state index in [1.165, 1.54) is 38.5 Å². The summed E-state index contributed by atoms with van der Waals surface area (Å²) in [6, 6.07) is 12.6. The Balaban J connectivity index is 2.29. The smallest absolute Gasteiger partial charge is 0.206 e. The third-order valence-electron chi connectivity index (χ3n) is 3.46. The lowest BCUT2D eigenvalue weighted by atomic mass is 10.3. The molecular weight excluding hydrogens is 340 g/mol. The lowest BCUT2D eigenvalue weighted by Gasteiger charge is -2.06. The molecule has 2 aromatic carbocycles. The molecule has 2 aromatic rings. The van der Waals surface area contributed by atoms with Gasteiger partial charge >= 0.3 is 0 Å². The van der Waals surface area contributed by atoms with Crippen molar-refractivity contribution in [3.8, 4) is 0 Å². The summed E-state index contributed by atoms with van der Waals surface area (Å²) in [4.78, 5) is 8.79. The number of hydrogen-bond acceptors (Lipinski definition) is 6. The molecule has 0 heterocycles. The number of methoxy groups -OCH3 is 2. The van der Waals surface area contributed by atoms with Crippen LogP contribution in [0, 0.1) is 0 Å². The highest BCUT2D eigenvalue weighted by atomic mass is 32.2. The molecule has 0 aliphatic carbocycles. The zero-order valence-corrected chi connectivity index (χ0v) is 15.4. The Hall–Kier alpha value is -2.67. The van der Waals surface area contributed by atoms with Crippen molar-refractivity contribution >= 4 is 33.0 Å². The third-order valence-corrected chi connectivity index (χ3v) is 5.24. The van der Waals surface area contributed by atoms with Gasteiger partial charge < -0.3 is 9.47 Å². The number of sulfone groups is 1. The van der Waals surface area contributed by atoms with Crippen molar-refractivity contribution in [2.24, 2.45) is 9.98 Å². The van der Waals surface area contributed by atoms with Gasteiger partial charge in [0.1, 0.15) is 0 Å². The standard InChI is InChI=1S/C18H20N2O4S/c1-13(23-3)19-15-5-9-17(10-6-15)25(21,22)18-11-7-16(8-12-18)20-14(2)24-4/h5-12H,1-4H3/b19-13-,20-14-. The molecule has 2 rings (SSSR count). The van der Waals surface area contributed by atoms with E-state index in [0.29, 0.717) is 23.2 Å². The summed E-state index contributed by atoms with van der Waals surface area (Å²) in [7, 11) is -0.545. The van der Waals surface area contributed by atoms with Crippen molar-refractivity contribution in [1.29, 1.82) is 0 Å². The van der Waals surface area contributed by atoms with E-state index in [1.54, 1.807) is 38.1 Å². The fourth-order valence-corrected chi connectivity index (χ4v) is 3.25. The van der Waals surface area contributed by atoms with Crippen LogP contribution >= 0.6 is 0 Å². The predicted molar refractivity (Wildman–Crippen MR) is 97.9 cm³/mol. The van der Waals surface area contributed by atoms with Gasteiger partial charge in [-0.1, -0.05) is 0 Å². The SMILES string of the molecule is CO/C(C)=N\c1ccc(S(=O)(=O)c2ccc(/N=C(/C)OC)cc2)cc1. The van der Waals surface area contributed by atoms with Crippen LogP contribution < -0.4 is 0 Å². The van der Waals surface area contributed by atoms with Gasteiger partial charge in [0, 0.05) is 13.8 Å². The number of ether oxygens (including phenoxy) is 2. The lowest BCUT2D eigenvalue weighted by molar-refractivity contribution is 0.400. The van der Waals surface area contributed by atoms with Crippen molar-refractivity contribution in [2.75, 3.05) is 14.2 Å². The van der Waals surface area contributed by atoms with Crippen LogP contribution in [0.1, 0.15) is 13.8 Å². The second-order valence-electron chi connectivity index (χ2n) is 5.16. The molecular formula is C18H20N2O4S. The number of nitrogens with zero attached hydrogens (tertiary/aromatic N) is 2. The molecule has 132 valence electrons. The van der Waals surface area contributed by atoms with Gasteiger partial charge in [-0.3, -0.25) is 0 Å². The predicted octanol–water partition coefficient (Wildman–Crippen LogP) is 3.91. The van der Waals surface area contributed by atoms with Gasteiger partial charge in [-0.25, -0.2) is 18.4 Å². The van der Waals surface area contributed by atoms with Crippen molar-refractivity contribution in [3.05, 3.63) is 48.5 Å². The van der Waals surface area contributed by atoms with E-state index in [2.05, 4.69) is 9.98 Å². The monoisotopic (exact) mass is 360 g/mol. The average molecular weight is 360 g/mol. The molecule has 0 spiro atoms. The van der Waals surface area contributed by atoms with E-state index in [9.17, 15) is 8.42 Å². The Bertz CT molecular complexity index is 814. The van der Waals surface area contributed by atoms with Crippen molar-refractivity contribution in [3.63, 3.8) is 0 Å². The highest BCUT2D eigenvalue weighted by molar-refractivity contribution is 7.91. The molecule has 0 N–H and O–H groups in total. The number of aliphatic imine (C=N–C) groups is 2. The molecule has 0 unspecified atom stereocenters. The van der Waals surface area contributed by atoms with Gasteiger partial charge in [0.05, 0.1) is 35.4 Å². The summed E-state index contributed by atoms with van der Waals surface area (Å²) in [6.07, 6.45) is 0. The van der Waals surface area contributed by atoms with E-state index in [4.69, 9.17) is 9.47 Å². The lowest BCUT2D eigenvalue weighted by Crippen LogP contribution is -2.01. The second kappa shape index (κ2) is 7.94. The molecule has 0 fully saturated rings. The van der Waals surface area contributed by atoms with Crippen LogP contribution in [0.2, 0.25) is 0 Å². The van der Waals surface area contributed by atoms with Crippen LogP contribution in [0.3, 0.4) is 0 Å². The van der Waals surface area contributed by atoms with Crippen molar-refractivity contribution in [2.45, 2.75) is 23.6 Å². The summed E-state index contributed by atoms with van der Waals surface area (Å²) in [5, 5.41) is 0. The Labute approximate surface area is 147 Å². The van der Waals surface area contributed by atoms with Gasteiger partial charge in [0.2, 0.25) is 9.84 Å². The van der Waals surface area contributed by atoms with E-state index in [0.717, 1.165) is 0 Å². The molecule has 0 bridgehead atoms. The first kappa shape index (κ1) is 18.7. The molecule has 0 aromatic heterocycles. The first-order valence-electron chi connectivity index (χ1n) is 7.50. The summed E-state index contributed by atoms with van der Waals surface area (Å²) in [5.41, 5.74) is 1.25. The Kier molecular flexibility index (Phi) is 5.93. The minimum Gasteiger partial charge on any atom is -0.484 e. The molecule has 0 amide bonds. The van der Waals surface area contributed by atoms with Crippen LogP contribution in [-0.4, -0.2) is 34.4 Å². The summed E-state index contributed by atoms with van der Waals surface area (Å²) in [6.45, 7) is 3.44. The molecule has 6 nitrogen and oxygen atoms in total. The maximum absolute atomic E-state index is 12.7. The Morgan fingerprint density at radius 2 is 1.04 bits per heavy atom. The fraction of sp³-hybridized carbons (Fsp3) is 0.222. The normalized spacial score (nSPS) is 12.8. The summed E-state index contributed by atoms with van der Waals surface area (Å²) < 4.78 is 35.3. The molecule has 0 aliphatic rings. The molecule has 25 heavy (non-hydrogen) atoms. The Morgan fingerprint density at radius 1 is 0.720 bits per heavy atom. The molecule has 0 atom stereocenters. The van der Waals surface area contributed by atoms with Crippen LogP contribution in [0.4, 0.5) is 11.4 Å². The Morgan fingerprint density at radius 3 is 1.32 bits per heavy atom. The van der Waals surface area contributed by atoms with E-state index < -0.39 is 9.84 Å². The molecule has 0 radical (unpaired) electrons. The quantitative estimate of drug-likeness (QED) is 0.612. The van der Waals surface area contributed by atoms with Gasteiger partial charge in [-0.15, -0.1) is 0 Å². The first-order chi connectivity index (χ1) is 11.9. The molecule has 0 saturated carbocycles. The largest absolute Gasteiger partial charge is 0.484 e. The summed E-state index contributed by atoms with van der Waals surface area (Å²) >= 11 is 0. The number of benzene rings is 2. The van der Waals surface area contributed by atoms with E-state index >= 15 is 0 Å².